The summed E-state index contributed by atoms with van der Waals surface area (Å²) in [7, 11) is 0. The van der Waals surface area contributed by atoms with Gasteiger partial charge >= 0.3 is 0 Å². The van der Waals surface area contributed by atoms with Gasteiger partial charge in [-0.15, -0.1) is 0 Å². The molecule has 3 nitrogen and oxygen atoms in total. The van der Waals surface area contributed by atoms with Crippen molar-refractivity contribution in [1.29, 1.82) is 0 Å². The predicted octanol–water partition coefficient (Wildman–Crippen LogP) is 4.89. The summed E-state index contributed by atoms with van der Waals surface area (Å²) in [4.78, 5) is 12.6. The first-order chi connectivity index (χ1) is 13.2. The number of carbonyl (C=O) groups excluding carboxylic acids is 1. The van der Waals surface area contributed by atoms with Crippen LogP contribution >= 0.6 is 11.6 Å². The minimum atomic E-state index is -0.0350. The predicted molar refractivity (Wildman–Crippen MR) is 112 cm³/mol. The molecule has 0 saturated carbocycles. The first-order valence-electron chi connectivity index (χ1n) is 9.48. The lowest BCUT2D eigenvalue weighted by atomic mass is 9.97. The Morgan fingerprint density at radius 1 is 1.00 bits per heavy atom. The van der Waals surface area contributed by atoms with Crippen LogP contribution in [0.5, 0.6) is 0 Å². The van der Waals surface area contributed by atoms with Crippen LogP contribution in [0.25, 0.3) is 21.9 Å². The van der Waals surface area contributed by atoms with E-state index >= 15 is 0 Å². The molecule has 1 fully saturated rings. The monoisotopic (exact) mass is 378 g/mol. The van der Waals surface area contributed by atoms with Crippen LogP contribution in [0.2, 0.25) is 5.02 Å². The normalized spacial score (nSPS) is 15.0. The van der Waals surface area contributed by atoms with E-state index in [1.165, 1.54) is 5.39 Å². The molecule has 1 aliphatic rings. The van der Waals surface area contributed by atoms with Crippen molar-refractivity contribution < 1.29 is 4.79 Å². The topological polar surface area (TPSA) is 41.1 Å². The molecular weight excluding hydrogens is 356 g/mol. The number of hydrogen-bond acceptors (Lipinski definition) is 2. The quantitative estimate of drug-likeness (QED) is 0.678. The number of hydrogen-bond donors (Lipinski definition) is 2. The van der Waals surface area contributed by atoms with Crippen LogP contribution in [0.3, 0.4) is 0 Å². The number of piperidine rings is 1. The van der Waals surface area contributed by atoms with Gasteiger partial charge in [0.25, 0.3) is 5.91 Å². The molecule has 3 aromatic rings. The maximum absolute atomic E-state index is 12.6. The maximum atomic E-state index is 12.6. The molecule has 0 spiro atoms. The van der Waals surface area contributed by atoms with E-state index in [2.05, 4.69) is 41.0 Å². The molecule has 1 aliphatic heterocycles. The molecule has 0 aliphatic carbocycles. The third kappa shape index (κ3) is 4.15. The van der Waals surface area contributed by atoms with Crippen molar-refractivity contribution in [2.24, 2.45) is 5.92 Å². The highest BCUT2D eigenvalue weighted by atomic mass is 35.5. The second kappa shape index (κ2) is 8.12. The van der Waals surface area contributed by atoms with Crippen LogP contribution in [0.1, 0.15) is 23.2 Å². The van der Waals surface area contributed by atoms with Crippen molar-refractivity contribution >= 4 is 28.3 Å². The summed E-state index contributed by atoms with van der Waals surface area (Å²) in [5, 5.41) is 9.44. The zero-order valence-corrected chi connectivity index (χ0v) is 15.9. The Morgan fingerprint density at radius 2 is 1.78 bits per heavy atom. The SMILES string of the molecule is O=C(NCC1CCNCC1)c1ccc(Cl)c(-c2ccc3ccccc3c2)c1. The number of nitrogens with one attached hydrogen (secondary N) is 2. The number of carbonyl (C=O) groups is 1. The van der Waals surface area contributed by atoms with Crippen LogP contribution in [-0.2, 0) is 0 Å². The molecule has 1 saturated heterocycles. The van der Waals surface area contributed by atoms with E-state index < -0.39 is 0 Å². The molecule has 1 amide bonds. The summed E-state index contributed by atoms with van der Waals surface area (Å²) >= 11 is 6.45. The van der Waals surface area contributed by atoms with Gasteiger partial charge in [0.15, 0.2) is 0 Å². The van der Waals surface area contributed by atoms with Crippen LogP contribution in [-0.4, -0.2) is 25.5 Å². The van der Waals surface area contributed by atoms with Gasteiger partial charge in [0.05, 0.1) is 0 Å². The summed E-state index contributed by atoms with van der Waals surface area (Å²) < 4.78 is 0. The van der Waals surface area contributed by atoms with Crippen LogP contribution in [0, 0.1) is 5.92 Å². The van der Waals surface area contributed by atoms with E-state index in [0.717, 1.165) is 49.0 Å². The Labute approximate surface area is 164 Å². The molecule has 4 rings (SSSR count). The highest BCUT2D eigenvalue weighted by Gasteiger charge is 2.15. The third-order valence-corrected chi connectivity index (χ3v) is 5.63. The lowest BCUT2D eigenvalue weighted by Crippen LogP contribution is -2.35. The zero-order valence-electron chi connectivity index (χ0n) is 15.2. The Kier molecular flexibility index (Phi) is 5.42. The van der Waals surface area contributed by atoms with Crippen molar-refractivity contribution in [2.45, 2.75) is 12.8 Å². The fourth-order valence-electron chi connectivity index (χ4n) is 3.67. The molecule has 0 atom stereocenters. The average Bonchev–Trinajstić information content (AvgIpc) is 2.73. The zero-order chi connectivity index (χ0) is 18.6. The Bertz CT molecular complexity index is 964. The van der Waals surface area contributed by atoms with Gasteiger partial charge in [0.1, 0.15) is 0 Å². The minimum Gasteiger partial charge on any atom is -0.352 e. The molecular formula is C23H23ClN2O. The fourth-order valence-corrected chi connectivity index (χ4v) is 3.90. The Hall–Kier alpha value is -2.36. The highest BCUT2D eigenvalue weighted by Crippen LogP contribution is 2.31. The third-order valence-electron chi connectivity index (χ3n) is 5.30. The van der Waals surface area contributed by atoms with E-state index in [1.54, 1.807) is 6.07 Å². The number of fused-ring (bicyclic) bond motifs is 1. The van der Waals surface area contributed by atoms with Crippen LogP contribution < -0.4 is 10.6 Å². The van der Waals surface area contributed by atoms with Gasteiger partial charge in [-0.2, -0.15) is 0 Å². The number of halogens is 1. The lowest BCUT2D eigenvalue weighted by Gasteiger charge is -2.22. The van der Waals surface area contributed by atoms with Crippen molar-refractivity contribution in [3.8, 4) is 11.1 Å². The molecule has 138 valence electrons. The largest absolute Gasteiger partial charge is 0.352 e. The van der Waals surface area contributed by atoms with E-state index in [-0.39, 0.29) is 5.91 Å². The van der Waals surface area contributed by atoms with Gasteiger partial charge in [0.2, 0.25) is 0 Å². The molecule has 27 heavy (non-hydrogen) atoms. The first-order valence-corrected chi connectivity index (χ1v) is 9.86. The summed E-state index contributed by atoms with van der Waals surface area (Å²) in [6.45, 7) is 2.80. The summed E-state index contributed by atoms with van der Waals surface area (Å²) in [6.07, 6.45) is 2.23. The van der Waals surface area contributed by atoms with Gasteiger partial charge in [-0.25, -0.2) is 0 Å². The standard InChI is InChI=1S/C23H23ClN2O/c24-22-8-7-20(23(27)26-15-16-9-11-25-12-10-16)14-21(22)19-6-5-17-3-1-2-4-18(17)13-19/h1-8,13-14,16,25H,9-12,15H2,(H,26,27). The maximum Gasteiger partial charge on any atom is 0.251 e. The first kappa shape index (κ1) is 18.0. The average molecular weight is 379 g/mol. The summed E-state index contributed by atoms with van der Waals surface area (Å²) in [6, 6.07) is 20.0. The van der Waals surface area contributed by atoms with Crippen molar-refractivity contribution in [1.82, 2.24) is 10.6 Å². The van der Waals surface area contributed by atoms with Gasteiger partial charge in [-0.3, -0.25) is 4.79 Å². The number of rotatable bonds is 4. The van der Waals surface area contributed by atoms with E-state index in [9.17, 15) is 4.79 Å². The number of benzene rings is 3. The van der Waals surface area contributed by atoms with Crippen molar-refractivity contribution in [3.05, 3.63) is 71.2 Å². The van der Waals surface area contributed by atoms with Crippen molar-refractivity contribution in [2.75, 3.05) is 19.6 Å². The fraction of sp³-hybridized carbons (Fsp3) is 0.261. The van der Waals surface area contributed by atoms with E-state index in [0.29, 0.717) is 16.5 Å². The van der Waals surface area contributed by atoms with E-state index in [4.69, 9.17) is 11.6 Å². The molecule has 3 aromatic carbocycles. The number of amides is 1. The Balaban J connectivity index is 1.55. The van der Waals surface area contributed by atoms with Gasteiger partial charge < -0.3 is 10.6 Å². The molecule has 1 heterocycles. The second-order valence-electron chi connectivity index (χ2n) is 7.16. The van der Waals surface area contributed by atoms with Gasteiger partial charge in [0, 0.05) is 22.7 Å². The van der Waals surface area contributed by atoms with Gasteiger partial charge in [-0.05, 0) is 72.5 Å². The summed E-state index contributed by atoms with van der Waals surface area (Å²) in [5.74, 6) is 0.523. The Morgan fingerprint density at radius 3 is 2.59 bits per heavy atom. The van der Waals surface area contributed by atoms with Crippen LogP contribution in [0.4, 0.5) is 0 Å². The van der Waals surface area contributed by atoms with Crippen LogP contribution in [0.15, 0.2) is 60.7 Å². The highest BCUT2D eigenvalue weighted by molar-refractivity contribution is 6.33. The summed E-state index contributed by atoms with van der Waals surface area (Å²) in [5.41, 5.74) is 2.56. The second-order valence-corrected chi connectivity index (χ2v) is 7.57. The van der Waals surface area contributed by atoms with Crippen molar-refractivity contribution in [3.63, 3.8) is 0 Å². The minimum absolute atomic E-state index is 0.0350. The lowest BCUT2D eigenvalue weighted by molar-refractivity contribution is 0.0944. The molecule has 0 radical (unpaired) electrons. The van der Waals surface area contributed by atoms with E-state index in [1.807, 2.05) is 24.3 Å². The smallest absolute Gasteiger partial charge is 0.251 e. The molecule has 0 bridgehead atoms. The molecule has 0 aromatic heterocycles. The molecule has 4 heteroatoms. The van der Waals surface area contributed by atoms with Gasteiger partial charge in [-0.1, -0.05) is 48.0 Å². The molecule has 0 unspecified atom stereocenters. The molecule has 2 N–H and O–H groups in total.